The van der Waals surface area contributed by atoms with Crippen LogP contribution in [-0.4, -0.2) is 19.2 Å². The molecule has 0 rings (SSSR count). The van der Waals surface area contributed by atoms with Gasteiger partial charge in [-0.2, -0.15) is 0 Å². The van der Waals surface area contributed by atoms with Crippen molar-refractivity contribution in [2.24, 2.45) is 5.92 Å². The van der Waals surface area contributed by atoms with Crippen molar-refractivity contribution < 1.29 is 14.6 Å². The zero-order valence-electron chi connectivity index (χ0n) is 5.72. The molecule has 0 aliphatic carbocycles. The van der Waals surface area contributed by atoms with E-state index >= 15 is 0 Å². The molecule has 0 saturated carbocycles. The highest BCUT2D eigenvalue weighted by Crippen LogP contribution is 1.90. The summed E-state index contributed by atoms with van der Waals surface area (Å²) < 4.78 is 4.69. The zero-order valence-corrected chi connectivity index (χ0v) is 5.72. The van der Waals surface area contributed by atoms with Crippen LogP contribution >= 0.6 is 0 Å². The van der Waals surface area contributed by atoms with Crippen molar-refractivity contribution in [2.45, 2.75) is 13.8 Å². The van der Waals surface area contributed by atoms with Gasteiger partial charge in [0, 0.05) is 6.61 Å². The molecular formula is C6H11O3-. The van der Waals surface area contributed by atoms with Gasteiger partial charge in [0.05, 0.1) is 12.6 Å². The Bertz CT molecular complexity index is 88.3. The highest BCUT2D eigenvalue weighted by Gasteiger charge is 1.91. The molecule has 0 atom stereocenters. The summed E-state index contributed by atoms with van der Waals surface area (Å²) in [4.78, 5) is 9.74. The largest absolute Gasteiger partial charge is 0.548 e. The van der Waals surface area contributed by atoms with Crippen LogP contribution < -0.4 is 5.11 Å². The number of aliphatic carboxylic acids is 1. The second-order valence-electron chi connectivity index (χ2n) is 2.28. The summed E-state index contributed by atoms with van der Waals surface area (Å²) in [6.07, 6.45) is 0. The molecule has 0 aliphatic rings. The molecule has 3 heteroatoms. The van der Waals surface area contributed by atoms with Crippen LogP contribution in [0.1, 0.15) is 13.8 Å². The van der Waals surface area contributed by atoms with Gasteiger partial charge in [-0.25, -0.2) is 0 Å². The highest BCUT2D eigenvalue weighted by atomic mass is 16.5. The zero-order chi connectivity index (χ0) is 7.28. The average molecular weight is 131 g/mol. The van der Waals surface area contributed by atoms with E-state index in [1.807, 2.05) is 13.8 Å². The van der Waals surface area contributed by atoms with Gasteiger partial charge in [0.25, 0.3) is 0 Å². The maximum absolute atomic E-state index is 9.74. The lowest BCUT2D eigenvalue weighted by atomic mass is 10.2. The third-order valence-electron chi connectivity index (χ3n) is 0.671. The van der Waals surface area contributed by atoms with Crippen molar-refractivity contribution in [1.82, 2.24) is 0 Å². The Balaban J connectivity index is 3.01. The van der Waals surface area contributed by atoms with E-state index in [0.717, 1.165) is 0 Å². The first-order chi connectivity index (χ1) is 4.13. The summed E-state index contributed by atoms with van der Waals surface area (Å²) in [7, 11) is 0. The van der Waals surface area contributed by atoms with Gasteiger partial charge in [-0.15, -0.1) is 0 Å². The number of carbonyl (C=O) groups excluding carboxylic acids is 1. The number of carboxylic acid groups (broad SMARTS) is 1. The second-order valence-corrected chi connectivity index (χ2v) is 2.28. The Kier molecular flexibility index (Phi) is 4.05. The first-order valence-corrected chi connectivity index (χ1v) is 2.90. The molecule has 0 aromatic heterocycles. The Morgan fingerprint density at radius 1 is 1.67 bits per heavy atom. The lowest BCUT2D eigenvalue weighted by Crippen LogP contribution is -2.28. The summed E-state index contributed by atoms with van der Waals surface area (Å²) >= 11 is 0. The van der Waals surface area contributed by atoms with Crippen molar-refractivity contribution in [3.63, 3.8) is 0 Å². The molecule has 0 bridgehead atoms. The minimum absolute atomic E-state index is 0.293. The molecule has 54 valence electrons. The normalized spacial score (nSPS) is 10.1. The molecule has 0 unspecified atom stereocenters. The van der Waals surface area contributed by atoms with Gasteiger partial charge in [-0.05, 0) is 5.92 Å². The van der Waals surface area contributed by atoms with E-state index in [9.17, 15) is 9.90 Å². The van der Waals surface area contributed by atoms with Crippen LogP contribution in [0, 0.1) is 5.92 Å². The van der Waals surface area contributed by atoms with Crippen LogP contribution in [0.15, 0.2) is 0 Å². The smallest absolute Gasteiger partial charge is 0.0861 e. The minimum Gasteiger partial charge on any atom is -0.548 e. The number of hydrogen-bond donors (Lipinski definition) is 0. The second kappa shape index (κ2) is 4.32. The summed E-state index contributed by atoms with van der Waals surface area (Å²) in [5, 5.41) is 9.74. The fourth-order valence-corrected chi connectivity index (χ4v) is 0.378. The number of carboxylic acids is 1. The summed E-state index contributed by atoms with van der Waals surface area (Å²) in [5.41, 5.74) is 0. The first-order valence-electron chi connectivity index (χ1n) is 2.90. The van der Waals surface area contributed by atoms with Crippen molar-refractivity contribution in [1.29, 1.82) is 0 Å². The fraction of sp³-hybridized carbons (Fsp3) is 0.833. The Morgan fingerprint density at radius 3 is 2.56 bits per heavy atom. The van der Waals surface area contributed by atoms with Crippen LogP contribution in [0.2, 0.25) is 0 Å². The topological polar surface area (TPSA) is 49.4 Å². The third kappa shape index (κ3) is 7.43. The van der Waals surface area contributed by atoms with E-state index < -0.39 is 5.97 Å². The molecule has 0 heterocycles. The van der Waals surface area contributed by atoms with Crippen LogP contribution in [0.25, 0.3) is 0 Å². The van der Waals surface area contributed by atoms with Gasteiger partial charge in [-0.1, -0.05) is 13.8 Å². The van der Waals surface area contributed by atoms with Gasteiger partial charge >= 0.3 is 0 Å². The highest BCUT2D eigenvalue weighted by molar-refractivity contribution is 5.65. The summed E-state index contributed by atoms with van der Waals surface area (Å²) in [6.45, 7) is 4.09. The van der Waals surface area contributed by atoms with Gasteiger partial charge in [-0.3, -0.25) is 0 Å². The van der Waals surface area contributed by atoms with Crippen LogP contribution in [0.4, 0.5) is 0 Å². The predicted molar refractivity (Wildman–Crippen MR) is 30.7 cm³/mol. The van der Waals surface area contributed by atoms with Gasteiger partial charge in [0.1, 0.15) is 0 Å². The molecule has 3 nitrogen and oxygen atoms in total. The Morgan fingerprint density at radius 2 is 2.22 bits per heavy atom. The lowest BCUT2D eigenvalue weighted by Gasteiger charge is -2.05. The molecule has 0 spiro atoms. The van der Waals surface area contributed by atoms with E-state index in [2.05, 4.69) is 0 Å². The molecule has 0 N–H and O–H groups in total. The molecule has 0 aromatic rings. The molecule has 0 amide bonds. The molecular weight excluding hydrogens is 120 g/mol. The quantitative estimate of drug-likeness (QED) is 0.512. The average Bonchev–Trinajstić information content (AvgIpc) is 1.63. The molecule has 0 aromatic carbocycles. The molecule has 0 radical (unpaired) electrons. The number of ether oxygens (including phenoxy) is 1. The van der Waals surface area contributed by atoms with Crippen molar-refractivity contribution in [3.8, 4) is 0 Å². The first kappa shape index (κ1) is 8.43. The standard InChI is InChI=1S/C6H12O3/c1-5(2)3-9-4-6(7)8/h5H,3-4H2,1-2H3,(H,7,8)/p-1. The lowest BCUT2D eigenvalue weighted by molar-refractivity contribution is -0.309. The van der Waals surface area contributed by atoms with E-state index in [1.165, 1.54) is 0 Å². The number of rotatable bonds is 4. The molecule has 0 saturated heterocycles. The molecule has 0 fully saturated rings. The van der Waals surface area contributed by atoms with Gasteiger partial charge < -0.3 is 14.6 Å². The van der Waals surface area contributed by atoms with E-state index in [0.29, 0.717) is 12.5 Å². The third-order valence-corrected chi connectivity index (χ3v) is 0.671. The van der Waals surface area contributed by atoms with Crippen molar-refractivity contribution in [2.75, 3.05) is 13.2 Å². The fourth-order valence-electron chi connectivity index (χ4n) is 0.378. The number of carbonyl (C=O) groups is 1. The van der Waals surface area contributed by atoms with E-state index in [1.54, 1.807) is 0 Å². The Labute approximate surface area is 54.6 Å². The SMILES string of the molecule is CC(C)COCC(=O)[O-]. The Hall–Kier alpha value is -0.570. The van der Waals surface area contributed by atoms with Gasteiger partial charge in [0.2, 0.25) is 0 Å². The van der Waals surface area contributed by atoms with E-state index in [-0.39, 0.29) is 6.61 Å². The van der Waals surface area contributed by atoms with Crippen molar-refractivity contribution in [3.05, 3.63) is 0 Å². The predicted octanol–water partition coefficient (Wildman–Crippen LogP) is -0.591. The summed E-state index contributed by atoms with van der Waals surface area (Å²) in [5.74, 6) is -0.778. The van der Waals surface area contributed by atoms with Gasteiger partial charge in [0.15, 0.2) is 0 Å². The minimum atomic E-state index is -1.16. The van der Waals surface area contributed by atoms with Crippen LogP contribution in [-0.2, 0) is 9.53 Å². The van der Waals surface area contributed by atoms with Crippen molar-refractivity contribution >= 4 is 5.97 Å². The molecule has 0 aliphatic heterocycles. The van der Waals surface area contributed by atoms with Crippen LogP contribution in [0.3, 0.4) is 0 Å². The maximum Gasteiger partial charge on any atom is 0.0861 e. The van der Waals surface area contributed by atoms with Crippen LogP contribution in [0.5, 0.6) is 0 Å². The van der Waals surface area contributed by atoms with E-state index in [4.69, 9.17) is 4.74 Å². The monoisotopic (exact) mass is 131 g/mol. The molecule has 9 heavy (non-hydrogen) atoms. The number of hydrogen-bond acceptors (Lipinski definition) is 3. The maximum atomic E-state index is 9.74. The summed E-state index contributed by atoms with van der Waals surface area (Å²) in [6, 6.07) is 0.